The minimum absolute atomic E-state index is 0.0628. The van der Waals surface area contributed by atoms with Crippen molar-refractivity contribution in [2.75, 3.05) is 6.54 Å². The molecule has 0 aliphatic rings. The van der Waals surface area contributed by atoms with Gasteiger partial charge in [0, 0.05) is 22.6 Å². The number of nitrogens with zero attached hydrogens (tertiary/aromatic N) is 3. The van der Waals surface area contributed by atoms with E-state index in [1.807, 2.05) is 0 Å². The Morgan fingerprint density at radius 1 is 1.68 bits per heavy atom. The van der Waals surface area contributed by atoms with Crippen molar-refractivity contribution in [3.8, 4) is 0 Å². The molecule has 120 valence electrons. The lowest BCUT2D eigenvalue weighted by molar-refractivity contribution is -0.512. The molecule has 0 spiro atoms. The molecule has 0 saturated carbocycles. The van der Waals surface area contributed by atoms with Gasteiger partial charge >= 0.3 is 0 Å². The van der Waals surface area contributed by atoms with E-state index in [2.05, 4.69) is 20.7 Å². The molecular weight excluding hydrogens is 290 g/mol. The van der Waals surface area contributed by atoms with Gasteiger partial charge in [0.25, 0.3) is 5.91 Å². The van der Waals surface area contributed by atoms with Crippen molar-refractivity contribution in [1.29, 1.82) is 0 Å². The van der Waals surface area contributed by atoms with Crippen LogP contribution in [0.2, 0.25) is 0 Å². The van der Waals surface area contributed by atoms with Crippen LogP contribution in [0.25, 0.3) is 0 Å². The summed E-state index contributed by atoms with van der Waals surface area (Å²) >= 11 is 0. The summed E-state index contributed by atoms with van der Waals surface area (Å²) in [6.07, 6.45) is 1.72. The van der Waals surface area contributed by atoms with Crippen molar-refractivity contribution in [2.24, 2.45) is 5.16 Å². The third kappa shape index (κ3) is 4.69. The molecule has 1 unspecified atom stereocenters. The van der Waals surface area contributed by atoms with Gasteiger partial charge in [0.15, 0.2) is 0 Å². The van der Waals surface area contributed by atoms with E-state index in [4.69, 9.17) is 5.21 Å². The fourth-order valence-corrected chi connectivity index (χ4v) is 1.91. The van der Waals surface area contributed by atoms with Gasteiger partial charge < -0.3 is 10.5 Å². The lowest BCUT2D eigenvalue weighted by Gasteiger charge is -2.08. The van der Waals surface area contributed by atoms with Gasteiger partial charge in [-0.2, -0.15) is 5.10 Å². The number of carbonyl (C=O) groups is 1. The zero-order chi connectivity index (χ0) is 16.7. The number of nitro groups is 1. The SMILES string of the molecule is CCC(C(C)=CC(CNC(=O)c1cc(C)[nH]n1)=NO)[N+](=O)[O-]. The summed E-state index contributed by atoms with van der Waals surface area (Å²) in [7, 11) is 0. The van der Waals surface area contributed by atoms with Gasteiger partial charge in [-0.1, -0.05) is 12.1 Å². The molecule has 0 aromatic carbocycles. The molecule has 0 aliphatic carbocycles. The normalized spacial score (nSPS) is 13.8. The molecule has 1 aromatic heterocycles. The zero-order valence-corrected chi connectivity index (χ0v) is 12.7. The van der Waals surface area contributed by atoms with E-state index in [0.29, 0.717) is 12.0 Å². The van der Waals surface area contributed by atoms with E-state index < -0.39 is 16.9 Å². The number of rotatable bonds is 7. The summed E-state index contributed by atoms with van der Waals surface area (Å²) in [5.74, 6) is -0.433. The standard InChI is InChI=1S/C13H19N5O4/c1-4-12(18(21)22)8(2)5-10(17-20)7-14-13(19)11-6-9(3)15-16-11/h5-6,12,20H,4,7H2,1-3H3,(H,14,19)(H,15,16). The maximum absolute atomic E-state index is 11.8. The van der Waals surface area contributed by atoms with Gasteiger partial charge in [-0.25, -0.2) is 0 Å². The van der Waals surface area contributed by atoms with E-state index in [9.17, 15) is 14.9 Å². The second kappa shape index (κ2) is 7.91. The molecular formula is C13H19N5O4. The Bertz CT molecular complexity index is 605. The molecule has 0 bridgehead atoms. The van der Waals surface area contributed by atoms with Crippen molar-refractivity contribution in [1.82, 2.24) is 15.5 Å². The number of oxime groups is 1. The van der Waals surface area contributed by atoms with Crippen LogP contribution in [-0.2, 0) is 0 Å². The molecule has 0 fully saturated rings. The topological polar surface area (TPSA) is 134 Å². The van der Waals surface area contributed by atoms with Crippen LogP contribution in [0.4, 0.5) is 0 Å². The highest BCUT2D eigenvalue weighted by molar-refractivity contribution is 6.01. The zero-order valence-electron chi connectivity index (χ0n) is 12.7. The van der Waals surface area contributed by atoms with Crippen LogP contribution in [-0.4, -0.2) is 44.5 Å². The Labute approximate surface area is 127 Å². The second-order valence-corrected chi connectivity index (χ2v) is 4.81. The molecule has 0 aliphatic heterocycles. The first kappa shape index (κ1) is 17.3. The molecule has 1 rings (SSSR count). The van der Waals surface area contributed by atoms with Crippen molar-refractivity contribution in [3.05, 3.63) is 39.2 Å². The number of H-pyrrole nitrogens is 1. The number of nitrogens with one attached hydrogen (secondary N) is 2. The van der Waals surface area contributed by atoms with Crippen molar-refractivity contribution >= 4 is 11.6 Å². The molecule has 3 N–H and O–H groups in total. The lowest BCUT2D eigenvalue weighted by Crippen LogP contribution is -2.30. The van der Waals surface area contributed by atoms with Crippen molar-refractivity contribution < 1.29 is 14.9 Å². The monoisotopic (exact) mass is 309 g/mol. The molecule has 9 nitrogen and oxygen atoms in total. The molecule has 1 heterocycles. The van der Waals surface area contributed by atoms with E-state index >= 15 is 0 Å². The maximum Gasteiger partial charge on any atom is 0.272 e. The summed E-state index contributed by atoms with van der Waals surface area (Å²) in [4.78, 5) is 22.3. The van der Waals surface area contributed by atoms with Crippen LogP contribution < -0.4 is 5.32 Å². The first-order chi connectivity index (χ1) is 10.4. The van der Waals surface area contributed by atoms with Crippen molar-refractivity contribution in [3.63, 3.8) is 0 Å². The maximum atomic E-state index is 11.8. The summed E-state index contributed by atoms with van der Waals surface area (Å²) in [6, 6.07) is 0.730. The minimum Gasteiger partial charge on any atom is -0.411 e. The molecule has 1 atom stereocenters. The predicted octanol–water partition coefficient (Wildman–Crippen LogP) is 1.28. The van der Waals surface area contributed by atoms with Crippen LogP contribution in [0.5, 0.6) is 0 Å². The molecule has 0 radical (unpaired) electrons. The van der Waals surface area contributed by atoms with Crippen LogP contribution in [0.15, 0.2) is 22.9 Å². The molecule has 22 heavy (non-hydrogen) atoms. The smallest absolute Gasteiger partial charge is 0.272 e. The Morgan fingerprint density at radius 3 is 2.82 bits per heavy atom. The highest BCUT2D eigenvalue weighted by Gasteiger charge is 2.20. The summed E-state index contributed by atoms with van der Waals surface area (Å²) in [6.45, 7) is 4.98. The lowest BCUT2D eigenvalue weighted by atomic mass is 10.1. The number of carbonyl (C=O) groups excluding carboxylic acids is 1. The minimum atomic E-state index is -0.846. The number of amides is 1. The van der Waals surface area contributed by atoms with Crippen LogP contribution in [0, 0.1) is 17.0 Å². The highest BCUT2D eigenvalue weighted by Crippen LogP contribution is 2.09. The van der Waals surface area contributed by atoms with Gasteiger partial charge in [-0.05, 0) is 26.0 Å². The Hall–Kier alpha value is -2.71. The summed E-state index contributed by atoms with van der Waals surface area (Å²) in [5.41, 5.74) is 1.53. The van der Waals surface area contributed by atoms with Crippen LogP contribution >= 0.6 is 0 Å². The Kier molecular flexibility index (Phi) is 6.24. The average Bonchev–Trinajstić information content (AvgIpc) is 2.90. The van der Waals surface area contributed by atoms with Gasteiger partial charge in [0.2, 0.25) is 6.04 Å². The fourth-order valence-electron chi connectivity index (χ4n) is 1.91. The van der Waals surface area contributed by atoms with E-state index in [0.717, 1.165) is 5.69 Å². The average molecular weight is 309 g/mol. The first-order valence-corrected chi connectivity index (χ1v) is 6.71. The number of hydrogen-bond donors (Lipinski definition) is 3. The third-order valence-corrected chi connectivity index (χ3v) is 3.06. The number of hydrogen-bond acceptors (Lipinski definition) is 6. The van der Waals surface area contributed by atoms with Crippen molar-refractivity contribution in [2.45, 2.75) is 33.2 Å². The number of aryl methyl sites for hydroxylation is 1. The fraction of sp³-hybridized carbons (Fsp3) is 0.462. The predicted molar refractivity (Wildman–Crippen MR) is 79.7 cm³/mol. The second-order valence-electron chi connectivity index (χ2n) is 4.81. The van der Waals surface area contributed by atoms with Gasteiger partial charge in [0.1, 0.15) is 5.69 Å². The number of aromatic nitrogens is 2. The molecule has 1 amide bonds. The van der Waals surface area contributed by atoms with E-state index in [-0.39, 0.29) is 18.0 Å². The molecule has 9 heteroatoms. The van der Waals surface area contributed by atoms with Gasteiger partial charge in [-0.15, -0.1) is 0 Å². The Morgan fingerprint density at radius 2 is 2.36 bits per heavy atom. The first-order valence-electron chi connectivity index (χ1n) is 6.71. The largest absolute Gasteiger partial charge is 0.411 e. The number of aromatic amines is 1. The summed E-state index contributed by atoms with van der Waals surface area (Å²) in [5, 5.41) is 31.9. The van der Waals surface area contributed by atoms with Gasteiger partial charge in [0.05, 0.1) is 12.3 Å². The summed E-state index contributed by atoms with van der Waals surface area (Å²) < 4.78 is 0. The molecule has 1 aromatic rings. The molecule has 0 saturated heterocycles. The van der Waals surface area contributed by atoms with E-state index in [1.54, 1.807) is 26.8 Å². The third-order valence-electron chi connectivity index (χ3n) is 3.06. The van der Waals surface area contributed by atoms with Gasteiger partial charge in [-0.3, -0.25) is 20.0 Å². The van der Waals surface area contributed by atoms with Crippen LogP contribution in [0.1, 0.15) is 36.5 Å². The van der Waals surface area contributed by atoms with E-state index in [1.165, 1.54) is 6.08 Å². The quantitative estimate of drug-likeness (QED) is 0.302. The highest BCUT2D eigenvalue weighted by atomic mass is 16.6. The van der Waals surface area contributed by atoms with Crippen LogP contribution in [0.3, 0.4) is 0 Å². The Balaban J connectivity index is 2.70.